The maximum absolute atomic E-state index is 14.0. The van der Waals surface area contributed by atoms with Crippen LogP contribution in [0.1, 0.15) is 21.5 Å². The van der Waals surface area contributed by atoms with Crippen molar-refractivity contribution in [3.63, 3.8) is 0 Å². The molecule has 3 aromatic carbocycles. The van der Waals surface area contributed by atoms with Crippen molar-refractivity contribution in [2.24, 2.45) is 0 Å². The summed E-state index contributed by atoms with van der Waals surface area (Å²) in [5.74, 6) is -1.40. The molecule has 4 aromatic rings. The molecule has 0 aliphatic carbocycles. The molecule has 1 unspecified atom stereocenters. The fraction of sp³-hybridized carbons (Fsp3) is 0.125. The molecule has 0 aliphatic heterocycles. The zero-order valence-corrected chi connectivity index (χ0v) is 16.1. The van der Waals surface area contributed by atoms with Crippen molar-refractivity contribution in [3.05, 3.63) is 102 Å². The number of aromatic amines is 1. The molecular formula is C24H20FN3O2. The van der Waals surface area contributed by atoms with Gasteiger partial charge in [-0.2, -0.15) is 0 Å². The molecule has 0 bridgehead atoms. The van der Waals surface area contributed by atoms with Gasteiger partial charge in [0.25, 0.3) is 5.91 Å². The third-order valence-corrected chi connectivity index (χ3v) is 4.99. The third-order valence-electron chi connectivity index (χ3n) is 4.99. The van der Waals surface area contributed by atoms with Crippen molar-refractivity contribution < 1.29 is 14.0 Å². The summed E-state index contributed by atoms with van der Waals surface area (Å²) in [7, 11) is 0. The summed E-state index contributed by atoms with van der Waals surface area (Å²) >= 11 is 0. The number of benzene rings is 3. The fourth-order valence-corrected chi connectivity index (χ4v) is 3.46. The van der Waals surface area contributed by atoms with E-state index in [1.807, 2.05) is 48.5 Å². The number of para-hydroxylation sites is 1. The number of Topliss-reactive ketones (excluding diaryl/α,β-unsaturated/α-hetero) is 1. The Labute approximate surface area is 173 Å². The van der Waals surface area contributed by atoms with Crippen molar-refractivity contribution in [1.82, 2.24) is 15.3 Å². The predicted molar refractivity (Wildman–Crippen MR) is 113 cm³/mol. The van der Waals surface area contributed by atoms with Crippen molar-refractivity contribution in [2.75, 3.05) is 0 Å². The normalized spacial score (nSPS) is 11.9. The summed E-state index contributed by atoms with van der Waals surface area (Å²) in [5.41, 5.74) is 3.16. The van der Waals surface area contributed by atoms with E-state index in [9.17, 15) is 14.0 Å². The molecule has 0 saturated heterocycles. The summed E-state index contributed by atoms with van der Waals surface area (Å²) in [6.45, 7) is 0. The maximum Gasteiger partial charge on any atom is 0.254 e. The molecule has 1 aromatic heterocycles. The fourth-order valence-electron chi connectivity index (χ4n) is 3.46. The summed E-state index contributed by atoms with van der Waals surface area (Å²) in [4.78, 5) is 33.2. The smallest absolute Gasteiger partial charge is 0.254 e. The van der Waals surface area contributed by atoms with Crippen LogP contribution in [0.25, 0.3) is 11.0 Å². The summed E-state index contributed by atoms with van der Waals surface area (Å²) in [6.07, 6.45) is 2.01. The number of amides is 1. The number of nitrogens with zero attached hydrogens (tertiary/aromatic N) is 1. The van der Waals surface area contributed by atoms with Crippen LogP contribution in [0.4, 0.5) is 4.39 Å². The number of hydrogen-bond acceptors (Lipinski definition) is 3. The lowest BCUT2D eigenvalue weighted by atomic mass is 9.96. The zero-order chi connectivity index (χ0) is 20.9. The van der Waals surface area contributed by atoms with Crippen molar-refractivity contribution in [1.29, 1.82) is 0 Å². The number of carbonyl (C=O) groups excluding carboxylic acids is 2. The van der Waals surface area contributed by atoms with Gasteiger partial charge in [0.05, 0.1) is 29.0 Å². The Morgan fingerprint density at radius 1 is 0.967 bits per heavy atom. The van der Waals surface area contributed by atoms with Crippen LogP contribution >= 0.6 is 0 Å². The third kappa shape index (κ3) is 4.27. The summed E-state index contributed by atoms with van der Waals surface area (Å²) in [5, 5.41) is 2.73. The first kappa shape index (κ1) is 19.5. The molecule has 0 aliphatic rings. The highest BCUT2D eigenvalue weighted by atomic mass is 19.1. The van der Waals surface area contributed by atoms with Gasteiger partial charge < -0.3 is 10.3 Å². The Bertz CT molecular complexity index is 1190. The van der Waals surface area contributed by atoms with E-state index in [1.54, 1.807) is 12.4 Å². The molecule has 0 spiro atoms. The van der Waals surface area contributed by atoms with Crippen LogP contribution < -0.4 is 5.32 Å². The molecular weight excluding hydrogens is 381 g/mol. The van der Waals surface area contributed by atoms with Crippen LogP contribution in [0.2, 0.25) is 0 Å². The number of carbonyl (C=O) groups is 2. The van der Waals surface area contributed by atoms with Gasteiger partial charge in [-0.05, 0) is 35.7 Å². The molecule has 150 valence electrons. The van der Waals surface area contributed by atoms with E-state index in [0.29, 0.717) is 6.42 Å². The van der Waals surface area contributed by atoms with E-state index in [4.69, 9.17) is 0 Å². The SMILES string of the molecule is O=C(NC(Cc1ccccc1)C(=O)Cc1cccc2[nH]cnc12)c1ccccc1F. The van der Waals surface area contributed by atoms with E-state index < -0.39 is 17.8 Å². The minimum absolute atomic E-state index is 0.0854. The monoisotopic (exact) mass is 401 g/mol. The number of fused-ring (bicyclic) bond motifs is 1. The Morgan fingerprint density at radius 3 is 2.53 bits per heavy atom. The summed E-state index contributed by atoms with van der Waals surface area (Å²) in [6, 6.07) is 19.9. The molecule has 2 N–H and O–H groups in total. The van der Waals surface area contributed by atoms with Crippen LogP contribution in [-0.2, 0) is 17.6 Å². The Morgan fingerprint density at radius 2 is 1.73 bits per heavy atom. The van der Waals surface area contributed by atoms with E-state index in [0.717, 1.165) is 22.2 Å². The molecule has 4 rings (SSSR count). The molecule has 6 heteroatoms. The molecule has 1 atom stereocenters. The van der Waals surface area contributed by atoms with Gasteiger partial charge in [-0.1, -0.05) is 54.6 Å². The van der Waals surface area contributed by atoms with Crippen LogP contribution in [0.3, 0.4) is 0 Å². The minimum Gasteiger partial charge on any atom is -0.345 e. The molecule has 1 heterocycles. The second-order valence-corrected chi connectivity index (χ2v) is 7.05. The number of imidazole rings is 1. The van der Waals surface area contributed by atoms with Crippen LogP contribution in [0.5, 0.6) is 0 Å². The Balaban J connectivity index is 1.59. The highest BCUT2D eigenvalue weighted by Gasteiger charge is 2.24. The first-order valence-electron chi connectivity index (χ1n) is 9.65. The molecule has 5 nitrogen and oxygen atoms in total. The van der Waals surface area contributed by atoms with Gasteiger partial charge in [-0.15, -0.1) is 0 Å². The van der Waals surface area contributed by atoms with Crippen LogP contribution in [0, 0.1) is 5.82 Å². The van der Waals surface area contributed by atoms with Crippen LogP contribution in [0.15, 0.2) is 79.1 Å². The number of H-pyrrole nitrogens is 1. The number of nitrogens with one attached hydrogen (secondary N) is 2. The average Bonchev–Trinajstić information content (AvgIpc) is 3.24. The molecule has 30 heavy (non-hydrogen) atoms. The quantitative estimate of drug-likeness (QED) is 0.494. The van der Waals surface area contributed by atoms with Gasteiger partial charge in [0, 0.05) is 6.42 Å². The van der Waals surface area contributed by atoms with Crippen molar-refractivity contribution in [2.45, 2.75) is 18.9 Å². The molecule has 0 saturated carbocycles. The predicted octanol–water partition coefficient (Wildman–Crippen LogP) is 3.85. The van der Waals surface area contributed by atoms with Crippen molar-refractivity contribution >= 4 is 22.7 Å². The van der Waals surface area contributed by atoms with Gasteiger partial charge in [-0.25, -0.2) is 9.37 Å². The molecule has 0 fully saturated rings. The second-order valence-electron chi connectivity index (χ2n) is 7.05. The number of ketones is 1. The van der Waals surface area contributed by atoms with E-state index in [1.165, 1.54) is 18.2 Å². The Hall–Kier alpha value is -3.80. The maximum atomic E-state index is 14.0. The lowest BCUT2D eigenvalue weighted by molar-refractivity contribution is -0.120. The van der Waals surface area contributed by atoms with Gasteiger partial charge in [0.2, 0.25) is 0 Å². The van der Waals surface area contributed by atoms with Crippen molar-refractivity contribution in [3.8, 4) is 0 Å². The number of rotatable bonds is 7. The first-order chi connectivity index (χ1) is 14.6. The lowest BCUT2D eigenvalue weighted by Gasteiger charge is -2.18. The summed E-state index contributed by atoms with van der Waals surface area (Å²) < 4.78 is 14.0. The largest absolute Gasteiger partial charge is 0.345 e. The zero-order valence-electron chi connectivity index (χ0n) is 16.1. The average molecular weight is 401 g/mol. The van der Waals surface area contributed by atoms with E-state index in [2.05, 4.69) is 15.3 Å². The number of halogens is 1. The highest BCUT2D eigenvalue weighted by molar-refractivity contribution is 5.99. The van der Waals surface area contributed by atoms with Gasteiger partial charge in [0.15, 0.2) is 5.78 Å². The minimum atomic E-state index is -0.797. The first-order valence-corrected chi connectivity index (χ1v) is 9.65. The number of hydrogen-bond donors (Lipinski definition) is 2. The lowest BCUT2D eigenvalue weighted by Crippen LogP contribution is -2.43. The second kappa shape index (κ2) is 8.69. The topological polar surface area (TPSA) is 74.8 Å². The highest BCUT2D eigenvalue weighted by Crippen LogP contribution is 2.17. The van der Waals surface area contributed by atoms with Crippen LogP contribution in [-0.4, -0.2) is 27.7 Å². The Kier molecular flexibility index (Phi) is 5.66. The molecule has 1 amide bonds. The van der Waals surface area contributed by atoms with Gasteiger partial charge >= 0.3 is 0 Å². The van der Waals surface area contributed by atoms with E-state index >= 15 is 0 Å². The van der Waals surface area contributed by atoms with Gasteiger partial charge in [0.1, 0.15) is 5.82 Å². The van der Waals surface area contributed by atoms with Gasteiger partial charge in [-0.3, -0.25) is 9.59 Å². The molecule has 0 radical (unpaired) electrons. The standard InChI is InChI=1S/C24H20FN3O2/c25-19-11-5-4-10-18(19)24(30)28-21(13-16-7-2-1-3-8-16)22(29)14-17-9-6-12-20-23(17)27-15-26-20/h1-12,15,21H,13-14H2,(H,26,27)(H,28,30). The number of aromatic nitrogens is 2. The van der Waals surface area contributed by atoms with E-state index in [-0.39, 0.29) is 17.8 Å².